The number of nitrogens with zero attached hydrogens (tertiary/aromatic N) is 3. The Hall–Kier alpha value is -3.00. The maximum atomic E-state index is 13.8. The SMILES string of the molecule is Fc1ccc(-c2cnc(CSc3n[nH]c(-c4ccccc4F)n3)o2)cc1. The second-order valence-corrected chi connectivity index (χ2v) is 6.30. The normalized spacial score (nSPS) is 11.0. The van der Waals surface area contributed by atoms with E-state index in [1.807, 2.05) is 0 Å². The fraction of sp³-hybridized carbons (Fsp3) is 0.0556. The van der Waals surface area contributed by atoms with E-state index >= 15 is 0 Å². The highest BCUT2D eigenvalue weighted by molar-refractivity contribution is 7.98. The van der Waals surface area contributed by atoms with Gasteiger partial charge in [-0.05, 0) is 36.4 Å². The molecule has 0 amide bonds. The molecule has 0 aliphatic rings. The number of aromatic nitrogens is 4. The van der Waals surface area contributed by atoms with Crippen LogP contribution in [0.5, 0.6) is 0 Å². The number of hydrogen-bond acceptors (Lipinski definition) is 5. The van der Waals surface area contributed by atoms with Crippen LogP contribution in [0.1, 0.15) is 5.89 Å². The molecule has 0 bridgehead atoms. The average molecular weight is 370 g/mol. The Balaban J connectivity index is 1.44. The van der Waals surface area contributed by atoms with Crippen molar-refractivity contribution in [3.8, 4) is 22.7 Å². The molecular weight excluding hydrogens is 358 g/mol. The first-order valence-electron chi connectivity index (χ1n) is 7.70. The quantitative estimate of drug-likeness (QED) is 0.516. The number of aromatic amines is 1. The van der Waals surface area contributed by atoms with Crippen molar-refractivity contribution in [3.05, 3.63) is 72.3 Å². The molecule has 1 N–H and O–H groups in total. The Kier molecular flexibility index (Phi) is 4.49. The van der Waals surface area contributed by atoms with E-state index in [2.05, 4.69) is 20.2 Å². The Labute approximate surface area is 151 Å². The Morgan fingerprint density at radius 2 is 1.85 bits per heavy atom. The first-order chi connectivity index (χ1) is 12.7. The maximum absolute atomic E-state index is 13.8. The summed E-state index contributed by atoms with van der Waals surface area (Å²) in [6.45, 7) is 0. The Morgan fingerprint density at radius 1 is 1.04 bits per heavy atom. The van der Waals surface area contributed by atoms with Crippen LogP contribution in [-0.2, 0) is 5.75 Å². The lowest BCUT2D eigenvalue weighted by molar-refractivity contribution is 0.529. The minimum Gasteiger partial charge on any atom is -0.440 e. The van der Waals surface area contributed by atoms with Gasteiger partial charge in [-0.15, -0.1) is 5.10 Å². The molecule has 0 unspecified atom stereocenters. The van der Waals surface area contributed by atoms with Crippen LogP contribution in [0.2, 0.25) is 0 Å². The highest BCUT2D eigenvalue weighted by Gasteiger charge is 2.12. The van der Waals surface area contributed by atoms with Gasteiger partial charge in [0, 0.05) is 5.56 Å². The summed E-state index contributed by atoms with van der Waals surface area (Å²) in [5, 5.41) is 7.26. The van der Waals surface area contributed by atoms with E-state index in [0.29, 0.717) is 33.9 Å². The molecule has 4 aromatic rings. The van der Waals surface area contributed by atoms with Gasteiger partial charge in [-0.3, -0.25) is 5.10 Å². The summed E-state index contributed by atoms with van der Waals surface area (Å²) in [5.74, 6) is 1.16. The van der Waals surface area contributed by atoms with E-state index in [1.54, 1.807) is 36.5 Å². The molecule has 0 aliphatic heterocycles. The van der Waals surface area contributed by atoms with Gasteiger partial charge < -0.3 is 4.42 Å². The maximum Gasteiger partial charge on any atom is 0.209 e. The van der Waals surface area contributed by atoms with E-state index in [4.69, 9.17) is 4.42 Å². The number of nitrogens with one attached hydrogen (secondary N) is 1. The van der Waals surface area contributed by atoms with Gasteiger partial charge in [-0.2, -0.15) is 0 Å². The summed E-state index contributed by atoms with van der Waals surface area (Å²) >= 11 is 1.31. The van der Waals surface area contributed by atoms with Crippen molar-refractivity contribution in [3.63, 3.8) is 0 Å². The standard InChI is InChI=1S/C18H12F2N4OS/c19-12-7-5-11(6-8-12)15-9-21-16(25-15)10-26-18-22-17(23-24-18)13-3-1-2-4-14(13)20/h1-9H,10H2,(H,22,23,24). The molecule has 0 radical (unpaired) electrons. The van der Waals surface area contributed by atoms with Crippen molar-refractivity contribution in [2.24, 2.45) is 0 Å². The summed E-state index contributed by atoms with van der Waals surface area (Å²) in [6, 6.07) is 12.3. The number of thioether (sulfide) groups is 1. The van der Waals surface area contributed by atoms with Gasteiger partial charge in [0.05, 0.1) is 17.5 Å². The van der Waals surface area contributed by atoms with Crippen molar-refractivity contribution in [2.75, 3.05) is 0 Å². The third kappa shape index (κ3) is 3.50. The van der Waals surface area contributed by atoms with Gasteiger partial charge in [-0.1, -0.05) is 23.9 Å². The predicted molar refractivity (Wildman–Crippen MR) is 93.2 cm³/mol. The third-order valence-corrected chi connectivity index (χ3v) is 4.43. The van der Waals surface area contributed by atoms with Gasteiger partial charge in [0.1, 0.15) is 11.6 Å². The molecule has 0 saturated heterocycles. The van der Waals surface area contributed by atoms with Gasteiger partial charge in [0.15, 0.2) is 11.6 Å². The van der Waals surface area contributed by atoms with Crippen molar-refractivity contribution >= 4 is 11.8 Å². The summed E-state index contributed by atoms with van der Waals surface area (Å²) in [5.41, 5.74) is 1.11. The number of oxazole rings is 1. The summed E-state index contributed by atoms with van der Waals surface area (Å²) in [4.78, 5) is 8.48. The molecule has 0 saturated carbocycles. The summed E-state index contributed by atoms with van der Waals surface area (Å²) in [7, 11) is 0. The average Bonchev–Trinajstić information content (AvgIpc) is 3.30. The van der Waals surface area contributed by atoms with E-state index in [-0.39, 0.29) is 11.6 Å². The molecule has 2 aromatic heterocycles. The highest BCUT2D eigenvalue weighted by atomic mass is 32.2. The first kappa shape index (κ1) is 16.5. The fourth-order valence-electron chi connectivity index (χ4n) is 2.34. The van der Waals surface area contributed by atoms with Gasteiger partial charge in [0.25, 0.3) is 0 Å². The second kappa shape index (κ2) is 7.09. The zero-order valence-electron chi connectivity index (χ0n) is 13.3. The molecule has 2 heterocycles. The van der Waals surface area contributed by atoms with E-state index in [0.717, 1.165) is 5.56 Å². The number of hydrogen-bond donors (Lipinski definition) is 1. The molecule has 0 fully saturated rings. The van der Waals surface area contributed by atoms with Crippen molar-refractivity contribution in [1.29, 1.82) is 0 Å². The minimum absolute atomic E-state index is 0.306. The largest absolute Gasteiger partial charge is 0.440 e. The van der Waals surface area contributed by atoms with Gasteiger partial charge in [-0.25, -0.2) is 18.7 Å². The highest BCUT2D eigenvalue weighted by Crippen LogP contribution is 2.26. The smallest absolute Gasteiger partial charge is 0.209 e. The van der Waals surface area contributed by atoms with Crippen LogP contribution >= 0.6 is 11.8 Å². The predicted octanol–water partition coefficient (Wildman–Crippen LogP) is 4.70. The number of rotatable bonds is 5. The van der Waals surface area contributed by atoms with Crippen LogP contribution in [0, 0.1) is 11.6 Å². The Bertz CT molecular complexity index is 1030. The molecule has 0 atom stereocenters. The molecule has 4 rings (SSSR count). The van der Waals surface area contributed by atoms with Crippen LogP contribution in [-0.4, -0.2) is 20.2 Å². The van der Waals surface area contributed by atoms with Crippen molar-refractivity contribution in [1.82, 2.24) is 20.2 Å². The van der Waals surface area contributed by atoms with Crippen LogP contribution in [0.25, 0.3) is 22.7 Å². The minimum atomic E-state index is -0.364. The van der Waals surface area contributed by atoms with Crippen LogP contribution in [0.4, 0.5) is 8.78 Å². The molecule has 0 spiro atoms. The van der Waals surface area contributed by atoms with Crippen LogP contribution in [0.15, 0.2) is 64.3 Å². The summed E-state index contributed by atoms with van der Waals surface area (Å²) in [6.07, 6.45) is 1.59. The van der Waals surface area contributed by atoms with Crippen molar-refractivity contribution in [2.45, 2.75) is 10.9 Å². The fourth-order valence-corrected chi connectivity index (χ4v) is 2.99. The number of H-pyrrole nitrogens is 1. The van der Waals surface area contributed by atoms with Gasteiger partial charge in [0.2, 0.25) is 11.0 Å². The molecule has 5 nitrogen and oxygen atoms in total. The molecule has 0 aliphatic carbocycles. The number of halogens is 2. The van der Waals surface area contributed by atoms with Crippen molar-refractivity contribution < 1.29 is 13.2 Å². The monoisotopic (exact) mass is 370 g/mol. The zero-order chi connectivity index (χ0) is 17.9. The van der Waals surface area contributed by atoms with Crippen LogP contribution < -0.4 is 0 Å². The molecule has 26 heavy (non-hydrogen) atoms. The zero-order valence-corrected chi connectivity index (χ0v) is 14.1. The van der Waals surface area contributed by atoms with E-state index in [9.17, 15) is 8.78 Å². The molecular formula is C18H12F2N4OS. The summed E-state index contributed by atoms with van der Waals surface area (Å²) < 4.78 is 32.4. The van der Waals surface area contributed by atoms with Gasteiger partial charge >= 0.3 is 0 Å². The molecule has 8 heteroatoms. The molecule has 2 aromatic carbocycles. The molecule has 130 valence electrons. The Morgan fingerprint density at radius 3 is 2.65 bits per heavy atom. The lowest BCUT2D eigenvalue weighted by atomic mass is 10.2. The topological polar surface area (TPSA) is 67.6 Å². The second-order valence-electron chi connectivity index (χ2n) is 5.36. The lowest BCUT2D eigenvalue weighted by Crippen LogP contribution is -1.85. The van der Waals surface area contributed by atoms with E-state index < -0.39 is 0 Å². The first-order valence-corrected chi connectivity index (χ1v) is 8.68. The van der Waals surface area contributed by atoms with E-state index in [1.165, 1.54) is 30.0 Å². The third-order valence-electron chi connectivity index (χ3n) is 3.60. The van der Waals surface area contributed by atoms with Crippen LogP contribution in [0.3, 0.4) is 0 Å². The lowest BCUT2D eigenvalue weighted by Gasteiger charge is -1.96. The number of benzene rings is 2.